The van der Waals surface area contributed by atoms with Crippen LogP contribution in [0, 0.1) is 6.92 Å². The predicted octanol–water partition coefficient (Wildman–Crippen LogP) is 2.88. The van der Waals surface area contributed by atoms with E-state index in [0.717, 1.165) is 31.0 Å². The first-order valence-electron chi connectivity index (χ1n) is 8.22. The molecule has 1 fully saturated rings. The number of aromatic nitrogens is 2. The molecule has 1 aliphatic heterocycles. The smallest absolute Gasteiger partial charge is 0.223 e. The first-order valence-corrected chi connectivity index (χ1v) is 9.04. The van der Waals surface area contributed by atoms with Crippen molar-refractivity contribution in [3.8, 4) is 0 Å². The third-order valence-electron chi connectivity index (χ3n) is 3.99. The number of hydrogen-bond donors (Lipinski definition) is 2. The molecule has 1 unspecified atom stereocenters. The molecule has 3 rings (SSSR count). The van der Waals surface area contributed by atoms with Crippen molar-refractivity contribution in [3.63, 3.8) is 0 Å². The van der Waals surface area contributed by atoms with Gasteiger partial charge in [0.25, 0.3) is 0 Å². The summed E-state index contributed by atoms with van der Waals surface area (Å²) in [6.45, 7) is 6.50. The molecule has 1 aliphatic rings. The van der Waals surface area contributed by atoms with Gasteiger partial charge >= 0.3 is 0 Å². The first kappa shape index (κ1) is 16.9. The van der Waals surface area contributed by atoms with Gasteiger partial charge in [-0.15, -0.1) is 11.3 Å². The summed E-state index contributed by atoms with van der Waals surface area (Å²) in [6, 6.07) is 4.56. The summed E-state index contributed by atoms with van der Waals surface area (Å²) >= 11 is 1.55. The summed E-state index contributed by atoms with van der Waals surface area (Å²) in [4.78, 5) is 23.2. The van der Waals surface area contributed by atoms with Gasteiger partial charge in [-0.05, 0) is 38.4 Å². The highest BCUT2D eigenvalue weighted by Crippen LogP contribution is 2.22. The van der Waals surface area contributed by atoms with Crippen molar-refractivity contribution in [3.05, 3.63) is 35.1 Å². The number of carbonyl (C=O) groups excluding carboxylic acids is 1. The Balaban J connectivity index is 1.55. The molecule has 0 spiro atoms. The van der Waals surface area contributed by atoms with Crippen molar-refractivity contribution in [1.29, 1.82) is 0 Å². The Morgan fingerprint density at radius 1 is 1.46 bits per heavy atom. The van der Waals surface area contributed by atoms with Crippen molar-refractivity contribution >= 4 is 28.1 Å². The highest BCUT2D eigenvalue weighted by atomic mass is 32.1. The van der Waals surface area contributed by atoms with E-state index in [9.17, 15) is 4.79 Å². The largest absolute Gasteiger partial charge is 0.381 e. The van der Waals surface area contributed by atoms with Crippen LogP contribution in [0.3, 0.4) is 0 Å². The van der Waals surface area contributed by atoms with Gasteiger partial charge in [-0.2, -0.15) is 0 Å². The van der Waals surface area contributed by atoms with E-state index < -0.39 is 0 Å². The summed E-state index contributed by atoms with van der Waals surface area (Å²) < 4.78 is 0. The zero-order valence-corrected chi connectivity index (χ0v) is 14.9. The molecular weight excluding hydrogens is 322 g/mol. The van der Waals surface area contributed by atoms with Gasteiger partial charge in [0.05, 0.1) is 0 Å². The van der Waals surface area contributed by atoms with Crippen LogP contribution in [0.25, 0.3) is 0 Å². The second kappa shape index (κ2) is 7.72. The number of hydrogen-bond acceptors (Lipinski definition) is 6. The van der Waals surface area contributed by atoms with Crippen LogP contribution in [0.2, 0.25) is 0 Å². The summed E-state index contributed by atoms with van der Waals surface area (Å²) in [5, 5.41) is 7.04. The Labute approximate surface area is 146 Å². The highest BCUT2D eigenvalue weighted by molar-refractivity contribution is 7.15. The van der Waals surface area contributed by atoms with Crippen molar-refractivity contribution in [1.82, 2.24) is 14.9 Å². The fourth-order valence-corrected chi connectivity index (χ4v) is 3.90. The summed E-state index contributed by atoms with van der Waals surface area (Å²) in [5.41, 5.74) is 2.17. The number of aryl methyl sites for hydroxylation is 1. The molecule has 0 radical (unpaired) electrons. The minimum atomic E-state index is -0.0780. The molecule has 24 heavy (non-hydrogen) atoms. The molecule has 1 atom stereocenters. The van der Waals surface area contributed by atoms with Crippen LogP contribution in [0.5, 0.6) is 0 Å². The number of rotatable bonds is 5. The predicted molar refractivity (Wildman–Crippen MR) is 97.3 cm³/mol. The van der Waals surface area contributed by atoms with E-state index in [1.165, 1.54) is 24.6 Å². The lowest BCUT2D eigenvalue weighted by Gasteiger charge is -2.33. The monoisotopic (exact) mass is 345 g/mol. The average Bonchev–Trinajstić information content (AvgIpc) is 2.94. The van der Waals surface area contributed by atoms with Gasteiger partial charge in [0, 0.05) is 54.7 Å². The van der Waals surface area contributed by atoms with E-state index in [4.69, 9.17) is 0 Å². The second-order valence-corrected chi connectivity index (χ2v) is 7.33. The Bertz CT molecular complexity index is 702. The lowest BCUT2D eigenvalue weighted by molar-refractivity contribution is -0.114. The molecule has 6 nitrogen and oxygen atoms in total. The number of nitrogens with one attached hydrogen (secondary N) is 2. The Kier molecular flexibility index (Phi) is 5.42. The summed E-state index contributed by atoms with van der Waals surface area (Å²) in [5.74, 6) is -0.0780. The number of amides is 1. The number of anilines is 2. The maximum absolute atomic E-state index is 11.1. The zero-order chi connectivity index (χ0) is 16.9. The molecule has 0 bridgehead atoms. The van der Waals surface area contributed by atoms with Gasteiger partial charge in [0.2, 0.25) is 5.91 Å². The van der Waals surface area contributed by atoms with Gasteiger partial charge in [0.1, 0.15) is 0 Å². The SMILES string of the molecule is CC(=O)Nc1ncc(CN2CCCC(Nc3ccnc(C)c3)C2)s1. The van der Waals surface area contributed by atoms with Crippen LogP contribution in [-0.4, -0.2) is 39.9 Å². The number of piperidine rings is 1. The van der Waals surface area contributed by atoms with Crippen LogP contribution in [-0.2, 0) is 11.3 Å². The molecule has 2 aromatic heterocycles. The van der Waals surface area contributed by atoms with Crippen LogP contribution >= 0.6 is 11.3 Å². The topological polar surface area (TPSA) is 70.2 Å². The Morgan fingerprint density at radius 3 is 3.12 bits per heavy atom. The van der Waals surface area contributed by atoms with E-state index >= 15 is 0 Å². The molecule has 0 saturated carbocycles. The van der Waals surface area contributed by atoms with Crippen molar-refractivity contribution < 1.29 is 4.79 Å². The molecule has 1 amide bonds. The molecule has 2 N–H and O–H groups in total. The molecule has 3 heterocycles. The van der Waals surface area contributed by atoms with Gasteiger partial charge in [-0.25, -0.2) is 4.98 Å². The third-order valence-corrected chi connectivity index (χ3v) is 4.89. The fourth-order valence-electron chi connectivity index (χ4n) is 3.00. The maximum Gasteiger partial charge on any atom is 0.223 e. The van der Waals surface area contributed by atoms with E-state index in [2.05, 4.69) is 31.6 Å². The molecule has 7 heteroatoms. The van der Waals surface area contributed by atoms with E-state index in [0.29, 0.717) is 11.2 Å². The Morgan fingerprint density at radius 2 is 2.33 bits per heavy atom. The van der Waals surface area contributed by atoms with Crippen molar-refractivity contribution in [2.45, 2.75) is 39.3 Å². The van der Waals surface area contributed by atoms with Gasteiger partial charge in [0.15, 0.2) is 5.13 Å². The van der Waals surface area contributed by atoms with E-state index in [-0.39, 0.29) is 5.91 Å². The number of carbonyl (C=O) groups is 1. The lowest BCUT2D eigenvalue weighted by atomic mass is 10.1. The minimum absolute atomic E-state index is 0.0780. The molecule has 0 aliphatic carbocycles. The zero-order valence-electron chi connectivity index (χ0n) is 14.1. The van der Waals surface area contributed by atoms with Gasteiger partial charge in [-0.3, -0.25) is 14.7 Å². The number of pyridine rings is 1. The highest BCUT2D eigenvalue weighted by Gasteiger charge is 2.20. The van der Waals surface area contributed by atoms with Crippen LogP contribution in [0.1, 0.15) is 30.3 Å². The molecule has 1 saturated heterocycles. The fraction of sp³-hybridized carbons (Fsp3) is 0.471. The van der Waals surface area contributed by atoms with Crippen molar-refractivity contribution in [2.24, 2.45) is 0 Å². The molecule has 128 valence electrons. The van der Waals surface area contributed by atoms with Crippen LogP contribution < -0.4 is 10.6 Å². The third kappa shape index (κ3) is 4.75. The summed E-state index contributed by atoms with van der Waals surface area (Å²) in [6.07, 6.45) is 6.06. The summed E-state index contributed by atoms with van der Waals surface area (Å²) in [7, 11) is 0. The Hall–Kier alpha value is -1.99. The van der Waals surface area contributed by atoms with Crippen molar-refractivity contribution in [2.75, 3.05) is 23.7 Å². The standard InChI is InChI=1S/C17H23N5OS/c1-12-8-14(5-6-18-12)21-15-4-3-7-22(10-15)11-16-9-19-17(24-16)20-13(2)23/h5-6,8-9,15H,3-4,7,10-11H2,1-2H3,(H,18,21)(H,19,20,23). The number of nitrogens with zero attached hydrogens (tertiary/aromatic N) is 3. The molecular formula is C17H23N5OS. The second-order valence-electron chi connectivity index (χ2n) is 6.22. The average molecular weight is 345 g/mol. The van der Waals surface area contributed by atoms with Crippen LogP contribution in [0.4, 0.5) is 10.8 Å². The normalized spacial score (nSPS) is 18.3. The molecule has 0 aromatic carbocycles. The van der Waals surface area contributed by atoms with Gasteiger partial charge in [-0.1, -0.05) is 0 Å². The quantitative estimate of drug-likeness (QED) is 0.872. The first-order chi connectivity index (χ1) is 11.6. The van der Waals surface area contributed by atoms with Gasteiger partial charge < -0.3 is 10.6 Å². The van der Waals surface area contributed by atoms with E-state index in [1.54, 1.807) is 11.3 Å². The van der Waals surface area contributed by atoms with Crippen LogP contribution in [0.15, 0.2) is 24.5 Å². The number of thiazole rings is 1. The molecule has 2 aromatic rings. The maximum atomic E-state index is 11.1. The lowest BCUT2D eigenvalue weighted by Crippen LogP contribution is -2.41. The number of likely N-dealkylation sites (tertiary alicyclic amines) is 1. The van der Waals surface area contributed by atoms with E-state index in [1.807, 2.05) is 25.4 Å². The minimum Gasteiger partial charge on any atom is -0.381 e.